The third-order valence-electron chi connectivity index (χ3n) is 5.62. The molecule has 150 valence electrons. The summed E-state index contributed by atoms with van der Waals surface area (Å²) >= 11 is 0.748. The van der Waals surface area contributed by atoms with Crippen molar-refractivity contribution >= 4 is 23.7 Å². The third-order valence-corrected chi connectivity index (χ3v) is 6.65. The Labute approximate surface area is 166 Å². The van der Waals surface area contributed by atoms with Crippen LogP contribution in [-0.2, 0) is 26.3 Å². The summed E-state index contributed by atoms with van der Waals surface area (Å²) in [6, 6.07) is 0.388. The minimum absolute atomic E-state index is 0. The first-order valence-electron chi connectivity index (χ1n) is 8.80. The standard InChI is InChI=1S/C17H22F3N5S.ClH/c1-24-7-6-22-14(24)10-25(12-8-16(12)2-4-21-5-3-16)11-15-23-9-13(26-15)17(18,19)20;/h6-7,9,12,21H,2-5,8,10-11H2,1H3;1H. The first-order chi connectivity index (χ1) is 12.4. The van der Waals surface area contributed by atoms with Crippen molar-refractivity contribution in [1.29, 1.82) is 0 Å². The number of aromatic nitrogens is 3. The molecular weight excluding hydrogens is 399 g/mol. The molecule has 2 aromatic rings. The fourth-order valence-electron chi connectivity index (χ4n) is 4.00. The van der Waals surface area contributed by atoms with E-state index < -0.39 is 11.1 Å². The van der Waals surface area contributed by atoms with Crippen molar-refractivity contribution in [2.75, 3.05) is 13.1 Å². The first kappa shape index (κ1) is 20.6. The molecule has 10 heteroatoms. The molecular formula is C17H23ClF3N5S. The van der Waals surface area contributed by atoms with Crippen LogP contribution in [-0.4, -0.2) is 38.6 Å². The van der Waals surface area contributed by atoms with Crippen LogP contribution in [0.2, 0.25) is 0 Å². The molecule has 0 amide bonds. The molecule has 0 bridgehead atoms. The highest BCUT2D eigenvalue weighted by Crippen LogP contribution is 2.56. The summed E-state index contributed by atoms with van der Waals surface area (Å²) in [5.41, 5.74) is 0.306. The second-order valence-corrected chi connectivity index (χ2v) is 8.42. The van der Waals surface area contributed by atoms with Crippen molar-refractivity contribution in [2.45, 2.75) is 44.6 Å². The SMILES string of the molecule is Cl.Cn1ccnc1CN(Cc1ncc(C(F)(F)F)s1)C1CC12CCNCC2. The van der Waals surface area contributed by atoms with Crippen LogP contribution in [0.15, 0.2) is 18.6 Å². The summed E-state index contributed by atoms with van der Waals surface area (Å²) in [6.45, 7) is 3.10. The van der Waals surface area contributed by atoms with Crippen LogP contribution in [0.3, 0.4) is 0 Å². The molecule has 2 fully saturated rings. The normalized spacial score (nSPS) is 21.4. The van der Waals surface area contributed by atoms with Gasteiger partial charge in [0.05, 0.1) is 19.3 Å². The smallest absolute Gasteiger partial charge is 0.337 e. The summed E-state index contributed by atoms with van der Waals surface area (Å²) in [4.78, 5) is 10.1. The number of hydrogen-bond donors (Lipinski definition) is 1. The molecule has 4 rings (SSSR count). The largest absolute Gasteiger partial charge is 0.427 e. The highest BCUT2D eigenvalue weighted by atomic mass is 35.5. The summed E-state index contributed by atoms with van der Waals surface area (Å²) in [6.07, 6.45) is 3.64. The average molecular weight is 422 g/mol. The van der Waals surface area contributed by atoms with Gasteiger partial charge in [-0.2, -0.15) is 13.2 Å². The highest BCUT2D eigenvalue weighted by Gasteiger charge is 2.56. The fraction of sp³-hybridized carbons (Fsp3) is 0.647. The Morgan fingerprint density at radius 1 is 1.30 bits per heavy atom. The van der Waals surface area contributed by atoms with Crippen molar-refractivity contribution in [2.24, 2.45) is 12.5 Å². The summed E-state index contributed by atoms with van der Waals surface area (Å²) in [5.74, 6) is 0.925. The van der Waals surface area contributed by atoms with E-state index in [1.54, 1.807) is 6.20 Å². The van der Waals surface area contributed by atoms with Crippen molar-refractivity contribution < 1.29 is 13.2 Å². The maximum absolute atomic E-state index is 12.9. The molecule has 3 heterocycles. The van der Waals surface area contributed by atoms with Gasteiger partial charge in [-0.05, 0) is 37.8 Å². The number of hydrogen-bond acceptors (Lipinski definition) is 5. The minimum Gasteiger partial charge on any atom is -0.337 e. The Morgan fingerprint density at radius 3 is 2.63 bits per heavy atom. The van der Waals surface area contributed by atoms with E-state index in [0.717, 1.165) is 55.7 Å². The van der Waals surface area contributed by atoms with Crippen molar-refractivity contribution in [3.05, 3.63) is 34.3 Å². The number of piperidine rings is 1. The Hall–Kier alpha value is -1.16. The number of imidazole rings is 1. The molecule has 1 saturated carbocycles. The maximum atomic E-state index is 12.9. The number of rotatable bonds is 5. The van der Waals surface area contributed by atoms with E-state index in [9.17, 15) is 13.2 Å². The van der Waals surface area contributed by atoms with Crippen LogP contribution in [0.5, 0.6) is 0 Å². The zero-order valence-electron chi connectivity index (χ0n) is 15.0. The first-order valence-corrected chi connectivity index (χ1v) is 9.62. The fourth-order valence-corrected chi connectivity index (χ4v) is 4.81. The topological polar surface area (TPSA) is 46.0 Å². The Balaban J connectivity index is 0.00000210. The molecule has 1 N–H and O–H groups in total. The van der Waals surface area contributed by atoms with Crippen LogP contribution in [0.1, 0.15) is 35.0 Å². The summed E-state index contributed by atoms with van der Waals surface area (Å²) in [5, 5.41) is 3.91. The molecule has 27 heavy (non-hydrogen) atoms. The van der Waals surface area contributed by atoms with Crippen molar-refractivity contribution in [1.82, 2.24) is 24.8 Å². The number of thiazole rings is 1. The van der Waals surface area contributed by atoms with Gasteiger partial charge in [-0.15, -0.1) is 23.7 Å². The van der Waals surface area contributed by atoms with Gasteiger partial charge in [0.2, 0.25) is 0 Å². The van der Waals surface area contributed by atoms with Gasteiger partial charge in [-0.25, -0.2) is 9.97 Å². The minimum atomic E-state index is -4.32. The number of halogens is 4. The molecule has 2 aromatic heterocycles. The Kier molecular flexibility index (Phi) is 5.86. The van der Waals surface area contributed by atoms with Crippen LogP contribution in [0, 0.1) is 5.41 Å². The van der Waals surface area contributed by atoms with E-state index in [1.807, 2.05) is 17.8 Å². The van der Waals surface area contributed by atoms with Gasteiger partial charge in [0.1, 0.15) is 15.7 Å². The maximum Gasteiger partial charge on any atom is 0.427 e. The molecule has 1 aliphatic heterocycles. The molecule has 1 saturated heterocycles. The van der Waals surface area contributed by atoms with Gasteiger partial charge >= 0.3 is 6.18 Å². The molecule has 1 atom stereocenters. The molecule has 1 unspecified atom stereocenters. The zero-order valence-corrected chi connectivity index (χ0v) is 16.6. The van der Waals surface area contributed by atoms with Crippen LogP contribution < -0.4 is 5.32 Å². The quantitative estimate of drug-likeness (QED) is 0.803. The van der Waals surface area contributed by atoms with E-state index in [1.165, 1.54) is 0 Å². The number of alkyl halides is 3. The number of nitrogens with one attached hydrogen (secondary N) is 1. The van der Waals surface area contributed by atoms with Gasteiger partial charge in [0.15, 0.2) is 0 Å². The van der Waals surface area contributed by atoms with E-state index in [-0.39, 0.29) is 12.4 Å². The van der Waals surface area contributed by atoms with Gasteiger partial charge in [-0.3, -0.25) is 4.90 Å². The molecule has 1 aliphatic carbocycles. The molecule has 5 nitrogen and oxygen atoms in total. The lowest BCUT2D eigenvalue weighted by atomic mass is 9.93. The number of nitrogens with zero attached hydrogens (tertiary/aromatic N) is 4. The van der Waals surface area contributed by atoms with Gasteiger partial charge in [0, 0.05) is 25.5 Å². The van der Waals surface area contributed by atoms with E-state index in [2.05, 4.69) is 20.2 Å². The van der Waals surface area contributed by atoms with Gasteiger partial charge < -0.3 is 9.88 Å². The summed E-state index contributed by atoms with van der Waals surface area (Å²) < 4.78 is 40.6. The zero-order chi connectivity index (χ0) is 18.4. The number of aryl methyl sites for hydroxylation is 1. The lowest BCUT2D eigenvalue weighted by Gasteiger charge is -2.29. The lowest BCUT2D eigenvalue weighted by molar-refractivity contribution is -0.134. The van der Waals surface area contributed by atoms with Crippen molar-refractivity contribution in [3.63, 3.8) is 0 Å². The Bertz CT molecular complexity index is 769. The van der Waals surface area contributed by atoms with Gasteiger partial charge in [0.25, 0.3) is 0 Å². The predicted octanol–water partition coefficient (Wildman–Crippen LogP) is 3.46. The lowest BCUT2D eigenvalue weighted by Crippen LogP contribution is -2.36. The van der Waals surface area contributed by atoms with Crippen LogP contribution >= 0.6 is 23.7 Å². The van der Waals surface area contributed by atoms with E-state index in [0.29, 0.717) is 29.6 Å². The monoisotopic (exact) mass is 421 g/mol. The summed E-state index contributed by atoms with van der Waals surface area (Å²) in [7, 11) is 1.94. The average Bonchev–Trinajstić information content (AvgIpc) is 2.94. The van der Waals surface area contributed by atoms with E-state index >= 15 is 0 Å². The molecule has 0 aromatic carbocycles. The van der Waals surface area contributed by atoms with Crippen LogP contribution in [0.4, 0.5) is 13.2 Å². The Morgan fingerprint density at radius 2 is 2.04 bits per heavy atom. The molecule has 2 aliphatic rings. The highest BCUT2D eigenvalue weighted by molar-refractivity contribution is 7.11. The van der Waals surface area contributed by atoms with Crippen molar-refractivity contribution in [3.8, 4) is 0 Å². The molecule has 1 spiro atoms. The van der Waals surface area contributed by atoms with Crippen LogP contribution in [0.25, 0.3) is 0 Å². The van der Waals surface area contributed by atoms with E-state index in [4.69, 9.17) is 0 Å². The van der Waals surface area contributed by atoms with Gasteiger partial charge in [-0.1, -0.05) is 0 Å². The second kappa shape index (κ2) is 7.69. The second-order valence-electron chi connectivity index (χ2n) is 7.31. The predicted molar refractivity (Wildman–Crippen MR) is 99.8 cm³/mol. The molecule has 0 radical (unpaired) electrons. The third kappa shape index (κ3) is 4.31.